The van der Waals surface area contributed by atoms with Crippen molar-refractivity contribution < 1.29 is 0 Å². The molecule has 2 unspecified atom stereocenters. The molecule has 2 atom stereocenters. The average Bonchev–Trinajstić information content (AvgIpc) is 3.29. The summed E-state index contributed by atoms with van der Waals surface area (Å²) in [5.41, 5.74) is 6.96. The smallest absolute Gasteiger partial charge is 0.155 e. The molecular weight excluding hydrogens is 360 g/mol. The van der Waals surface area contributed by atoms with Crippen molar-refractivity contribution in [2.45, 2.75) is 31.8 Å². The maximum Gasteiger partial charge on any atom is 0.155 e. The molecule has 6 heteroatoms. The van der Waals surface area contributed by atoms with Gasteiger partial charge in [0.2, 0.25) is 0 Å². The molecule has 0 amide bonds. The predicted octanol–water partition coefficient (Wildman–Crippen LogP) is 3.24. The zero-order chi connectivity index (χ0) is 20.1. The number of nitrogens with zero attached hydrogens (tertiary/aromatic N) is 6. The minimum Gasteiger partial charge on any atom is -0.363 e. The Balaban J connectivity index is 1.47. The van der Waals surface area contributed by atoms with E-state index in [1.807, 2.05) is 31.5 Å². The fraction of sp³-hybridized carbons (Fsp3) is 0.348. The Labute approximate surface area is 171 Å². The van der Waals surface area contributed by atoms with Gasteiger partial charge in [0.1, 0.15) is 6.33 Å². The van der Waals surface area contributed by atoms with Gasteiger partial charge in [0.15, 0.2) is 5.65 Å². The zero-order valence-electron chi connectivity index (χ0n) is 17.0. The first-order chi connectivity index (χ1) is 14.0. The topological polar surface area (TPSA) is 49.6 Å². The quantitative estimate of drug-likeness (QED) is 0.689. The molecule has 5 heterocycles. The Kier molecular flexibility index (Phi) is 4.24. The van der Waals surface area contributed by atoms with Crippen LogP contribution in [0.2, 0.25) is 0 Å². The van der Waals surface area contributed by atoms with E-state index >= 15 is 0 Å². The van der Waals surface area contributed by atoms with E-state index in [1.165, 1.54) is 12.8 Å². The van der Waals surface area contributed by atoms with E-state index in [0.717, 1.165) is 52.4 Å². The molecule has 0 aromatic carbocycles. The van der Waals surface area contributed by atoms with E-state index in [-0.39, 0.29) is 0 Å². The summed E-state index contributed by atoms with van der Waals surface area (Å²) < 4.78 is 1.75. The molecule has 5 rings (SSSR count). The number of likely N-dealkylation sites (tertiary alicyclic amines) is 1. The highest BCUT2D eigenvalue weighted by Gasteiger charge is 2.39. The van der Waals surface area contributed by atoms with Crippen LogP contribution < -0.4 is 0 Å². The van der Waals surface area contributed by atoms with Crippen molar-refractivity contribution in [2.24, 2.45) is 0 Å². The van der Waals surface area contributed by atoms with Crippen LogP contribution in [-0.2, 0) is 0 Å². The summed E-state index contributed by atoms with van der Waals surface area (Å²) in [6.07, 6.45) is 7.91. The molecule has 2 aliphatic rings. The van der Waals surface area contributed by atoms with E-state index in [4.69, 9.17) is 0 Å². The van der Waals surface area contributed by atoms with Crippen LogP contribution in [0, 0.1) is 6.92 Å². The molecule has 0 saturated carbocycles. The lowest BCUT2D eigenvalue weighted by molar-refractivity contribution is 0.136. The highest BCUT2D eigenvalue weighted by atomic mass is 15.3. The number of fused-ring (bicyclic) bond motifs is 3. The normalized spacial score (nSPS) is 21.7. The molecule has 0 N–H and O–H groups in total. The lowest BCUT2D eigenvalue weighted by Crippen LogP contribution is -2.51. The molecule has 2 aliphatic heterocycles. The number of hydrogen-bond acceptors (Lipinski definition) is 5. The first-order valence-electron chi connectivity index (χ1n) is 10.1. The Morgan fingerprint density at radius 3 is 2.59 bits per heavy atom. The van der Waals surface area contributed by atoms with Crippen LogP contribution in [0.5, 0.6) is 0 Å². The zero-order valence-corrected chi connectivity index (χ0v) is 17.0. The second-order valence-corrected chi connectivity index (χ2v) is 8.27. The molecule has 3 aromatic heterocycles. The number of aryl methyl sites for hydroxylation is 1. The van der Waals surface area contributed by atoms with Gasteiger partial charge in [-0.15, -0.1) is 0 Å². The molecule has 3 aromatic rings. The molecule has 0 radical (unpaired) electrons. The summed E-state index contributed by atoms with van der Waals surface area (Å²) in [7, 11) is 2.22. The second-order valence-electron chi connectivity index (χ2n) is 8.27. The summed E-state index contributed by atoms with van der Waals surface area (Å²) in [5, 5.41) is 4.17. The van der Waals surface area contributed by atoms with Gasteiger partial charge in [-0.05, 0) is 56.1 Å². The van der Waals surface area contributed by atoms with Crippen LogP contribution in [0.4, 0.5) is 0 Å². The maximum absolute atomic E-state index is 4.69. The molecule has 29 heavy (non-hydrogen) atoms. The van der Waals surface area contributed by atoms with Crippen LogP contribution in [0.15, 0.2) is 50.1 Å². The maximum atomic E-state index is 4.69. The van der Waals surface area contributed by atoms with E-state index in [0.29, 0.717) is 12.1 Å². The third kappa shape index (κ3) is 3.04. The van der Waals surface area contributed by atoms with Crippen LogP contribution in [-0.4, -0.2) is 61.6 Å². The van der Waals surface area contributed by atoms with Crippen molar-refractivity contribution in [1.29, 1.82) is 0 Å². The molecule has 2 fully saturated rings. The lowest BCUT2D eigenvalue weighted by atomic mass is 9.97. The molecule has 6 nitrogen and oxygen atoms in total. The Bertz CT molecular complexity index is 1100. The highest BCUT2D eigenvalue weighted by Crippen LogP contribution is 2.36. The lowest BCUT2D eigenvalue weighted by Gasteiger charge is -2.42. The van der Waals surface area contributed by atoms with Crippen molar-refractivity contribution in [2.75, 3.05) is 20.1 Å². The summed E-state index contributed by atoms with van der Waals surface area (Å²) in [5.74, 6) is 0. The first kappa shape index (κ1) is 18.1. The van der Waals surface area contributed by atoms with Gasteiger partial charge in [-0.2, -0.15) is 5.10 Å². The Morgan fingerprint density at radius 1 is 1.07 bits per heavy atom. The van der Waals surface area contributed by atoms with Crippen molar-refractivity contribution in [3.63, 3.8) is 0 Å². The molecule has 148 valence electrons. The third-order valence-corrected chi connectivity index (χ3v) is 6.35. The monoisotopic (exact) mass is 386 g/mol. The van der Waals surface area contributed by atoms with Gasteiger partial charge in [-0.3, -0.25) is 4.98 Å². The fourth-order valence-corrected chi connectivity index (χ4v) is 4.86. The van der Waals surface area contributed by atoms with Crippen LogP contribution in [0.3, 0.4) is 0 Å². The van der Waals surface area contributed by atoms with Gasteiger partial charge in [-0.25, -0.2) is 9.50 Å². The number of rotatable bonds is 4. The van der Waals surface area contributed by atoms with Gasteiger partial charge in [0, 0.05) is 60.1 Å². The minimum atomic E-state index is 0.551. The first-order valence-corrected chi connectivity index (χ1v) is 10.1. The van der Waals surface area contributed by atoms with E-state index < -0.39 is 0 Å². The largest absolute Gasteiger partial charge is 0.363 e. The third-order valence-electron chi connectivity index (χ3n) is 6.35. The van der Waals surface area contributed by atoms with E-state index in [2.05, 4.69) is 51.1 Å². The van der Waals surface area contributed by atoms with Crippen LogP contribution in [0.25, 0.3) is 16.9 Å². The van der Waals surface area contributed by atoms with Crippen molar-refractivity contribution in [1.82, 2.24) is 29.4 Å². The van der Waals surface area contributed by atoms with Crippen molar-refractivity contribution >= 4 is 16.9 Å². The second kappa shape index (κ2) is 6.81. The number of likely N-dealkylation sites (N-methyl/N-ethyl adjacent to an activating group) is 1. The Hall–Kier alpha value is -2.99. The van der Waals surface area contributed by atoms with Gasteiger partial charge in [-0.1, -0.05) is 13.2 Å². The average molecular weight is 387 g/mol. The van der Waals surface area contributed by atoms with Crippen molar-refractivity contribution in [3.05, 3.63) is 72.5 Å². The minimum absolute atomic E-state index is 0.551. The van der Waals surface area contributed by atoms with Crippen molar-refractivity contribution in [3.8, 4) is 0 Å². The van der Waals surface area contributed by atoms with Gasteiger partial charge in [0.05, 0.1) is 0 Å². The molecule has 2 bridgehead atoms. The molecule has 2 saturated heterocycles. The highest BCUT2D eigenvalue weighted by molar-refractivity contribution is 5.81. The predicted molar refractivity (Wildman–Crippen MR) is 115 cm³/mol. The summed E-state index contributed by atoms with van der Waals surface area (Å²) in [6.45, 7) is 13.1. The van der Waals surface area contributed by atoms with Gasteiger partial charge < -0.3 is 9.80 Å². The van der Waals surface area contributed by atoms with E-state index in [9.17, 15) is 0 Å². The SMILES string of the molecule is C=C(c1ccn2ncnc2c1)c1cc(C(=C)N2C3CCC2CN(C)C3)cnc1C. The standard InChI is InChI=1S/C23H26N6/c1-15(18-7-8-28-23(10-18)25-14-26-28)22-9-19(11-24-16(22)2)17(3)29-20-5-6-21(29)13-27(4)12-20/h7-11,14,20-21H,1,3,5-6,12-13H2,2,4H3. The van der Waals surface area contributed by atoms with E-state index in [1.54, 1.807) is 10.8 Å². The van der Waals surface area contributed by atoms with Crippen LogP contribution >= 0.6 is 0 Å². The molecule has 0 spiro atoms. The molecule has 0 aliphatic carbocycles. The number of hydrogen-bond donors (Lipinski definition) is 0. The van der Waals surface area contributed by atoms with Crippen LogP contribution in [0.1, 0.15) is 35.2 Å². The summed E-state index contributed by atoms with van der Waals surface area (Å²) >= 11 is 0. The number of piperazine rings is 1. The number of aromatic nitrogens is 4. The summed E-state index contributed by atoms with van der Waals surface area (Å²) in [4.78, 5) is 13.9. The number of pyridine rings is 2. The Morgan fingerprint density at radius 2 is 1.83 bits per heavy atom. The summed E-state index contributed by atoms with van der Waals surface area (Å²) in [6, 6.07) is 7.32. The van der Waals surface area contributed by atoms with Gasteiger partial charge in [0.25, 0.3) is 0 Å². The van der Waals surface area contributed by atoms with Gasteiger partial charge >= 0.3 is 0 Å². The fourth-order valence-electron chi connectivity index (χ4n) is 4.86. The molecular formula is C23H26N6.